The van der Waals surface area contributed by atoms with E-state index in [-0.39, 0.29) is 17.1 Å². The van der Waals surface area contributed by atoms with Crippen molar-refractivity contribution in [3.8, 4) is 0 Å². The van der Waals surface area contributed by atoms with E-state index in [0.717, 1.165) is 11.1 Å². The maximum Gasteiger partial charge on any atom is 0.274 e. The van der Waals surface area contributed by atoms with Crippen molar-refractivity contribution in [2.75, 3.05) is 5.32 Å². The lowest BCUT2D eigenvalue weighted by molar-refractivity contribution is 0.627. The quantitative estimate of drug-likeness (QED) is 0.752. The number of H-pyrrole nitrogens is 1. The van der Waals surface area contributed by atoms with Gasteiger partial charge in [0.1, 0.15) is 11.5 Å². The summed E-state index contributed by atoms with van der Waals surface area (Å²) in [6.45, 7) is 0.504. The lowest BCUT2D eigenvalue weighted by atomic mass is 10.1. The second-order valence-electron chi connectivity index (χ2n) is 4.96. The minimum atomic E-state index is -0.318. The third-order valence-electron chi connectivity index (χ3n) is 3.26. The highest BCUT2D eigenvalue weighted by molar-refractivity contribution is 5.26. The summed E-state index contributed by atoms with van der Waals surface area (Å²) < 4.78 is 12.9. The summed E-state index contributed by atoms with van der Waals surface area (Å²) in [6, 6.07) is 9.66. The number of aromatic nitrogens is 4. The minimum Gasteiger partial charge on any atom is -0.350 e. The SMILES string of the molecule is O=c1[nH]c(NCc2ccncc2)nnc1Cc1ccc(F)cc1. The van der Waals surface area contributed by atoms with E-state index in [2.05, 4.69) is 25.5 Å². The van der Waals surface area contributed by atoms with Crippen molar-refractivity contribution in [3.05, 3.63) is 81.8 Å². The van der Waals surface area contributed by atoms with Crippen LogP contribution in [-0.4, -0.2) is 20.2 Å². The number of rotatable bonds is 5. The molecule has 0 unspecified atom stereocenters. The normalized spacial score (nSPS) is 10.5. The molecule has 2 aromatic heterocycles. The molecule has 0 saturated heterocycles. The van der Waals surface area contributed by atoms with Gasteiger partial charge in [0, 0.05) is 25.4 Å². The van der Waals surface area contributed by atoms with Gasteiger partial charge in [-0.15, -0.1) is 10.2 Å². The molecule has 3 aromatic rings. The summed E-state index contributed by atoms with van der Waals surface area (Å²) >= 11 is 0. The fourth-order valence-electron chi connectivity index (χ4n) is 2.04. The van der Waals surface area contributed by atoms with E-state index in [1.165, 1.54) is 12.1 Å². The average Bonchev–Trinajstić information content (AvgIpc) is 2.58. The maximum absolute atomic E-state index is 12.9. The third-order valence-corrected chi connectivity index (χ3v) is 3.26. The predicted octanol–water partition coefficient (Wildman–Crippen LogP) is 1.90. The Hall–Kier alpha value is -3.09. The number of benzene rings is 1. The number of nitrogens with zero attached hydrogens (tertiary/aromatic N) is 3. The lowest BCUT2D eigenvalue weighted by Gasteiger charge is -2.05. The minimum absolute atomic E-state index is 0.283. The van der Waals surface area contributed by atoms with Crippen LogP contribution in [0.3, 0.4) is 0 Å². The van der Waals surface area contributed by atoms with Gasteiger partial charge >= 0.3 is 0 Å². The Morgan fingerprint density at radius 1 is 1.00 bits per heavy atom. The molecular weight excluding hydrogens is 297 g/mol. The van der Waals surface area contributed by atoms with Gasteiger partial charge in [0.15, 0.2) is 0 Å². The van der Waals surface area contributed by atoms with Gasteiger partial charge < -0.3 is 5.32 Å². The predicted molar refractivity (Wildman–Crippen MR) is 83.4 cm³/mol. The Kier molecular flexibility index (Phi) is 4.37. The number of aromatic amines is 1. The summed E-state index contributed by atoms with van der Waals surface area (Å²) in [4.78, 5) is 18.6. The van der Waals surface area contributed by atoms with E-state index in [9.17, 15) is 9.18 Å². The van der Waals surface area contributed by atoms with Crippen LogP contribution in [0, 0.1) is 5.82 Å². The van der Waals surface area contributed by atoms with Crippen LogP contribution in [0.15, 0.2) is 53.6 Å². The van der Waals surface area contributed by atoms with E-state index in [0.29, 0.717) is 18.9 Å². The van der Waals surface area contributed by atoms with Gasteiger partial charge in [0.05, 0.1) is 0 Å². The van der Waals surface area contributed by atoms with Crippen LogP contribution in [0.5, 0.6) is 0 Å². The highest BCUT2D eigenvalue weighted by atomic mass is 19.1. The summed E-state index contributed by atoms with van der Waals surface area (Å²) in [5.74, 6) is -0.0147. The smallest absolute Gasteiger partial charge is 0.274 e. The fraction of sp³-hybridized carbons (Fsp3) is 0.125. The molecule has 6 nitrogen and oxygen atoms in total. The molecule has 2 N–H and O–H groups in total. The van der Waals surface area contributed by atoms with Crippen molar-refractivity contribution in [1.29, 1.82) is 0 Å². The molecule has 7 heteroatoms. The zero-order chi connectivity index (χ0) is 16.1. The van der Waals surface area contributed by atoms with Crippen molar-refractivity contribution in [3.63, 3.8) is 0 Å². The van der Waals surface area contributed by atoms with E-state index < -0.39 is 0 Å². The summed E-state index contributed by atoms with van der Waals surface area (Å²) in [6.07, 6.45) is 3.68. The Bertz CT molecular complexity index is 833. The van der Waals surface area contributed by atoms with Crippen molar-refractivity contribution in [1.82, 2.24) is 20.2 Å². The molecule has 1 aromatic carbocycles. The molecule has 0 bridgehead atoms. The molecule has 0 atom stereocenters. The first kappa shape index (κ1) is 14.8. The summed E-state index contributed by atoms with van der Waals surface area (Å²) in [5, 5.41) is 10.9. The lowest BCUT2D eigenvalue weighted by Crippen LogP contribution is -2.19. The van der Waals surface area contributed by atoms with Crippen LogP contribution in [0.25, 0.3) is 0 Å². The van der Waals surface area contributed by atoms with Crippen molar-refractivity contribution in [2.24, 2.45) is 0 Å². The van der Waals surface area contributed by atoms with Crippen molar-refractivity contribution >= 4 is 5.95 Å². The van der Waals surface area contributed by atoms with Crippen molar-refractivity contribution < 1.29 is 4.39 Å². The summed E-state index contributed by atoms with van der Waals surface area (Å²) in [5.41, 5.74) is 1.77. The van der Waals surface area contributed by atoms with Crippen LogP contribution in [0.1, 0.15) is 16.8 Å². The average molecular weight is 311 g/mol. The number of pyridine rings is 1. The zero-order valence-electron chi connectivity index (χ0n) is 12.2. The van der Waals surface area contributed by atoms with Crippen LogP contribution in [0.4, 0.5) is 10.3 Å². The Morgan fingerprint density at radius 2 is 1.74 bits per heavy atom. The van der Waals surface area contributed by atoms with Crippen LogP contribution < -0.4 is 10.9 Å². The first-order valence-electron chi connectivity index (χ1n) is 7.04. The molecule has 2 heterocycles. The molecule has 0 aliphatic carbocycles. The number of halogens is 1. The second kappa shape index (κ2) is 6.78. The van der Waals surface area contributed by atoms with Crippen LogP contribution in [-0.2, 0) is 13.0 Å². The molecule has 0 spiro atoms. The first-order valence-corrected chi connectivity index (χ1v) is 7.04. The number of hydrogen-bond acceptors (Lipinski definition) is 5. The monoisotopic (exact) mass is 311 g/mol. The van der Waals surface area contributed by atoms with E-state index >= 15 is 0 Å². The Balaban J connectivity index is 1.68. The number of anilines is 1. The Labute approximate surface area is 131 Å². The van der Waals surface area contributed by atoms with Gasteiger partial charge in [0.2, 0.25) is 5.95 Å². The summed E-state index contributed by atoms with van der Waals surface area (Å²) in [7, 11) is 0. The maximum atomic E-state index is 12.9. The highest BCUT2D eigenvalue weighted by Crippen LogP contribution is 2.06. The van der Waals surface area contributed by atoms with Crippen LogP contribution >= 0.6 is 0 Å². The Morgan fingerprint density at radius 3 is 2.43 bits per heavy atom. The molecule has 0 aliphatic heterocycles. The van der Waals surface area contributed by atoms with E-state index in [4.69, 9.17) is 0 Å². The van der Waals surface area contributed by atoms with Gasteiger partial charge in [-0.05, 0) is 35.4 Å². The second-order valence-corrected chi connectivity index (χ2v) is 4.96. The number of nitrogens with one attached hydrogen (secondary N) is 2. The van der Waals surface area contributed by atoms with Crippen molar-refractivity contribution in [2.45, 2.75) is 13.0 Å². The van der Waals surface area contributed by atoms with E-state index in [1.807, 2.05) is 12.1 Å². The standard InChI is InChI=1S/C16H14FN5O/c17-13-3-1-11(2-4-13)9-14-15(23)20-16(22-21-14)19-10-12-5-7-18-8-6-12/h1-8H,9-10H2,(H2,19,20,22,23). The zero-order valence-corrected chi connectivity index (χ0v) is 12.2. The molecule has 0 fully saturated rings. The molecule has 0 saturated carbocycles. The molecule has 23 heavy (non-hydrogen) atoms. The highest BCUT2D eigenvalue weighted by Gasteiger charge is 2.06. The van der Waals surface area contributed by atoms with E-state index in [1.54, 1.807) is 24.5 Å². The van der Waals surface area contributed by atoms with Gasteiger partial charge in [-0.3, -0.25) is 14.8 Å². The molecule has 0 aliphatic rings. The largest absolute Gasteiger partial charge is 0.350 e. The van der Waals surface area contributed by atoms with Gasteiger partial charge in [0.25, 0.3) is 5.56 Å². The third kappa shape index (κ3) is 3.97. The van der Waals surface area contributed by atoms with Gasteiger partial charge in [-0.25, -0.2) is 4.39 Å². The number of hydrogen-bond donors (Lipinski definition) is 2. The molecule has 0 radical (unpaired) electrons. The topological polar surface area (TPSA) is 83.6 Å². The van der Waals surface area contributed by atoms with Gasteiger partial charge in [-0.1, -0.05) is 12.1 Å². The molecule has 0 amide bonds. The molecule has 116 valence electrons. The first-order chi connectivity index (χ1) is 11.2. The molecular formula is C16H14FN5O. The van der Waals surface area contributed by atoms with Crippen LogP contribution in [0.2, 0.25) is 0 Å². The van der Waals surface area contributed by atoms with Gasteiger partial charge in [-0.2, -0.15) is 0 Å². The fourth-order valence-corrected chi connectivity index (χ4v) is 2.04. The molecule has 3 rings (SSSR count).